The minimum absolute atomic E-state index is 0.0725. The average Bonchev–Trinajstić information content (AvgIpc) is 3.09. The van der Waals surface area contributed by atoms with Crippen LogP contribution in [-0.4, -0.2) is 52.2 Å². The highest BCUT2D eigenvalue weighted by Crippen LogP contribution is 2.20. The molecule has 3 aromatic rings. The lowest BCUT2D eigenvalue weighted by molar-refractivity contribution is -0.125. The number of pyridine rings is 1. The largest absolute Gasteiger partial charge is 0.361 e. The second kappa shape index (κ2) is 7.89. The van der Waals surface area contributed by atoms with Crippen LogP contribution >= 0.6 is 0 Å². The molecule has 0 fully saturated rings. The van der Waals surface area contributed by atoms with Gasteiger partial charge in [0, 0.05) is 49.7 Å². The summed E-state index contributed by atoms with van der Waals surface area (Å²) in [6.07, 6.45) is 6.88. The normalized spacial score (nSPS) is 14.6. The third-order valence-corrected chi connectivity index (χ3v) is 4.93. The molecule has 0 radical (unpaired) electrons. The molecule has 0 unspecified atom stereocenters. The maximum Gasteiger partial charge on any atom is 0.246 e. The number of aromatic amines is 1. The number of anilines is 1. The molecule has 0 saturated carbocycles. The number of aromatic nitrogens is 2. The molecule has 7 heteroatoms. The highest BCUT2D eigenvalue weighted by Gasteiger charge is 2.17. The molecule has 0 bridgehead atoms. The van der Waals surface area contributed by atoms with Crippen molar-refractivity contribution in [1.82, 2.24) is 19.8 Å². The summed E-state index contributed by atoms with van der Waals surface area (Å²) in [4.78, 5) is 35.4. The fourth-order valence-corrected chi connectivity index (χ4v) is 3.46. The van der Waals surface area contributed by atoms with Crippen molar-refractivity contribution in [3.8, 4) is 0 Å². The molecule has 2 aromatic heterocycles. The Morgan fingerprint density at radius 3 is 3.00 bits per heavy atom. The summed E-state index contributed by atoms with van der Waals surface area (Å²) in [5.74, 6) is 0.427. The number of hydrogen-bond donors (Lipinski definition) is 2. The van der Waals surface area contributed by atoms with E-state index < -0.39 is 0 Å². The van der Waals surface area contributed by atoms with Crippen molar-refractivity contribution in [3.63, 3.8) is 0 Å². The first kappa shape index (κ1) is 18.9. The zero-order valence-electron chi connectivity index (χ0n) is 16.5. The molecule has 0 spiro atoms. The van der Waals surface area contributed by atoms with Crippen LogP contribution in [0.2, 0.25) is 0 Å². The first-order valence-corrected chi connectivity index (χ1v) is 9.44. The SMILES string of the molecule is CN1CC(=O)Nc2ncc(C=CC(=O)N(C)Cc3ccc4[nH]ccc4c3)cc2C1. The molecule has 1 aliphatic heterocycles. The van der Waals surface area contributed by atoms with Crippen molar-refractivity contribution in [1.29, 1.82) is 0 Å². The average molecular weight is 389 g/mol. The van der Waals surface area contributed by atoms with Gasteiger partial charge in [0.05, 0.1) is 6.54 Å². The number of carbonyl (C=O) groups excluding carboxylic acids is 2. The van der Waals surface area contributed by atoms with E-state index in [1.807, 2.05) is 42.4 Å². The van der Waals surface area contributed by atoms with Crippen LogP contribution in [0.4, 0.5) is 5.82 Å². The highest BCUT2D eigenvalue weighted by molar-refractivity contribution is 5.93. The van der Waals surface area contributed by atoms with Crippen LogP contribution < -0.4 is 5.32 Å². The molecule has 4 rings (SSSR count). The number of nitrogens with zero attached hydrogens (tertiary/aromatic N) is 3. The topological polar surface area (TPSA) is 81.3 Å². The van der Waals surface area contributed by atoms with Gasteiger partial charge in [-0.1, -0.05) is 6.07 Å². The molecular weight excluding hydrogens is 366 g/mol. The van der Waals surface area contributed by atoms with Gasteiger partial charge in [-0.25, -0.2) is 4.98 Å². The van der Waals surface area contributed by atoms with Crippen molar-refractivity contribution < 1.29 is 9.59 Å². The molecule has 0 saturated heterocycles. The summed E-state index contributed by atoms with van der Waals surface area (Å²) < 4.78 is 0. The van der Waals surface area contributed by atoms with Gasteiger partial charge in [0.15, 0.2) is 0 Å². The fraction of sp³-hybridized carbons (Fsp3) is 0.227. The van der Waals surface area contributed by atoms with Gasteiger partial charge in [-0.2, -0.15) is 0 Å². The maximum absolute atomic E-state index is 12.5. The number of amides is 2. The molecule has 0 aliphatic carbocycles. The Labute approximate surface area is 169 Å². The van der Waals surface area contributed by atoms with E-state index in [0.717, 1.165) is 27.6 Å². The van der Waals surface area contributed by atoms with Crippen LogP contribution in [-0.2, 0) is 22.7 Å². The van der Waals surface area contributed by atoms with Crippen molar-refractivity contribution in [2.24, 2.45) is 0 Å². The quantitative estimate of drug-likeness (QED) is 0.672. The van der Waals surface area contributed by atoms with Crippen LogP contribution in [0.5, 0.6) is 0 Å². The Morgan fingerprint density at radius 2 is 2.14 bits per heavy atom. The van der Waals surface area contributed by atoms with Gasteiger partial charge < -0.3 is 15.2 Å². The fourth-order valence-electron chi connectivity index (χ4n) is 3.46. The highest BCUT2D eigenvalue weighted by atomic mass is 16.2. The van der Waals surface area contributed by atoms with Gasteiger partial charge >= 0.3 is 0 Å². The summed E-state index contributed by atoms with van der Waals surface area (Å²) in [6, 6.07) is 10.1. The van der Waals surface area contributed by atoms with Crippen LogP contribution in [0.3, 0.4) is 0 Å². The lowest BCUT2D eigenvalue weighted by atomic mass is 10.1. The number of rotatable bonds is 4. The number of likely N-dealkylation sites (N-methyl/N-ethyl adjacent to an activating group) is 2. The van der Waals surface area contributed by atoms with E-state index in [1.165, 1.54) is 0 Å². The molecule has 2 amide bonds. The first-order chi connectivity index (χ1) is 14.0. The minimum Gasteiger partial charge on any atom is -0.361 e. The van der Waals surface area contributed by atoms with Gasteiger partial charge in [0.25, 0.3) is 0 Å². The lowest BCUT2D eigenvalue weighted by Crippen LogP contribution is -2.26. The van der Waals surface area contributed by atoms with E-state index in [9.17, 15) is 9.59 Å². The van der Waals surface area contributed by atoms with Crippen LogP contribution in [0, 0.1) is 0 Å². The summed E-state index contributed by atoms with van der Waals surface area (Å²) in [5.41, 5.74) is 3.91. The number of H-pyrrole nitrogens is 1. The molecule has 1 aromatic carbocycles. The Bertz CT molecular complexity index is 1100. The Kier molecular flexibility index (Phi) is 5.14. The van der Waals surface area contributed by atoms with Crippen LogP contribution in [0.1, 0.15) is 16.7 Å². The van der Waals surface area contributed by atoms with Crippen LogP contribution in [0.25, 0.3) is 17.0 Å². The first-order valence-electron chi connectivity index (χ1n) is 9.44. The van der Waals surface area contributed by atoms with Crippen molar-refractivity contribution in [2.45, 2.75) is 13.1 Å². The molecule has 3 heterocycles. The second-order valence-corrected chi connectivity index (χ2v) is 7.42. The molecule has 1 aliphatic rings. The van der Waals surface area contributed by atoms with Crippen molar-refractivity contribution in [3.05, 3.63) is 65.5 Å². The van der Waals surface area contributed by atoms with Crippen molar-refractivity contribution in [2.75, 3.05) is 26.0 Å². The number of benzene rings is 1. The van der Waals surface area contributed by atoms with E-state index >= 15 is 0 Å². The van der Waals surface area contributed by atoms with E-state index in [2.05, 4.69) is 21.4 Å². The Morgan fingerprint density at radius 1 is 1.28 bits per heavy atom. The molecule has 0 atom stereocenters. The summed E-state index contributed by atoms with van der Waals surface area (Å²) in [5, 5.41) is 3.94. The second-order valence-electron chi connectivity index (χ2n) is 7.42. The third kappa shape index (κ3) is 4.35. The predicted molar refractivity (Wildman–Crippen MR) is 113 cm³/mol. The number of hydrogen-bond acceptors (Lipinski definition) is 4. The number of carbonyl (C=O) groups is 2. The van der Waals surface area contributed by atoms with Crippen molar-refractivity contribution >= 4 is 34.6 Å². The monoisotopic (exact) mass is 389 g/mol. The summed E-state index contributed by atoms with van der Waals surface area (Å²) >= 11 is 0. The standard InChI is InChI=1S/C22H23N5O2/c1-26-13-18-9-15(11-24-22(18)25-20(28)14-26)4-6-21(29)27(2)12-16-3-5-19-17(10-16)7-8-23-19/h3-11,23H,12-14H2,1-2H3,(H,24,25,28). The molecule has 29 heavy (non-hydrogen) atoms. The Balaban J connectivity index is 1.44. The summed E-state index contributed by atoms with van der Waals surface area (Å²) in [6.45, 7) is 1.49. The molecule has 7 nitrogen and oxygen atoms in total. The van der Waals surface area contributed by atoms with Gasteiger partial charge in [0.2, 0.25) is 11.8 Å². The van der Waals surface area contributed by atoms with Gasteiger partial charge in [0.1, 0.15) is 5.82 Å². The zero-order valence-corrected chi connectivity index (χ0v) is 16.5. The minimum atomic E-state index is -0.0838. The Hall–Kier alpha value is -3.45. The van der Waals surface area contributed by atoms with Gasteiger partial charge in [-0.15, -0.1) is 0 Å². The smallest absolute Gasteiger partial charge is 0.246 e. The molecule has 2 N–H and O–H groups in total. The number of nitrogens with one attached hydrogen (secondary N) is 2. The maximum atomic E-state index is 12.5. The third-order valence-electron chi connectivity index (χ3n) is 4.93. The van der Waals surface area contributed by atoms with E-state index in [4.69, 9.17) is 0 Å². The lowest BCUT2D eigenvalue weighted by Gasteiger charge is -2.15. The van der Waals surface area contributed by atoms with Gasteiger partial charge in [-0.05, 0) is 53.9 Å². The van der Waals surface area contributed by atoms with Gasteiger partial charge in [-0.3, -0.25) is 14.5 Å². The molecule has 148 valence electrons. The summed E-state index contributed by atoms with van der Waals surface area (Å²) in [7, 11) is 3.67. The van der Waals surface area contributed by atoms with E-state index in [1.54, 1.807) is 30.3 Å². The molecular formula is C22H23N5O2. The van der Waals surface area contributed by atoms with E-state index in [0.29, 0.717) is 25.5 Å². The zero-order chi connectivity index (χ0) is 20.4. The number of fused-ring (bicyclic) bond motifs is 2. The van der Waals surface area contributed by atoms with Crippen LogP contribution in [0.15, 0.2) is 48.8 Å². The predicted octanol–water partition coefficient (Wildman–Crippen LogP) is 2.62. The van der Waals surface area contributed by atoms with E-state index in [-0.39, 0.29) is 11.8 Å².